The third kappa shape index (κ3) is 47.5. The van der Waals surface area contributed by atoms with Gasteiger partial charge in [0.1, 0.15) is 0 Å². The number of nitrogen functional groups attached to an aromatic ring is 2. The third-order valence-corrected chi connectivity index (χ3v) is 23.9. The van der Waals surface area contributed by atoms with Crippen molar-refractivity contribution in [3.05, 3.63) is 140 Å². The first kappa shape index (κ1) is 130. The molecular weight excluding hydrogens is 2110 g/mol. The molecule has 17 N–H and O–H groups in total. The molecule has 0 radical (unpaired) electrons. The van der Waals surface area contributed by atoms with Crippen LogP contribution in [0.15, 0.2) is 145 Å². The van der Waals surface area contributed by atoms with Crippen LogP contribution in [0.25, 0.3) is 16.9 Å². The second-order valence-electron chi connectivity index (χ2n) is 35.9. The number of anilines is 5. The van der Waals surface area contributed by atoms with Crippen molar-refractivity contribution in [2.45, 2.75) is 183 Å². The first-order valence-electron chi connectivity index (χ1n) is 44.4. The van der Waals surface area contributed by atoms with Gasteiger partial charge in [0.25, 0.3) is 0 Å². The summed E-state index contributed by atoms with van der Waals surface area (Å²) in [7, 11) is -4.14. The number of amides is 4. The van der Waals surface area contributed by atoms with Crippen molar-refractivity contribution in [2.24, 2.45) is 10.7 Å². The molecule has 6 saturated heterocycles. The van der Waals surface area contributed by atoms with E-state index in [1.54, 1.807) is 64.2 Å². The molecule has 140 heavy (non-hydrogen) atoms. The summed E-state index contributed by atoms with van der Waals surface area (Å²) in [6.45, 7) is 46.8. The Bertz CT molecular complexity index is 5030. The van der Waals surface area contributed by atoms with E-state index in [0.717, 1.165) is 181 Å². The summed E-state index contributed by atoms with van der Waals surface area (Å²) >= 11 is 30.9. The summed E-state index contributed by atoms with van der Waals surface area (Å²) in [6, 6.07) is 36.3. The predicted molar refractivity (Wildman–Crippen MR) is 566 cm³/mol. The molecule has 0 saturated carbocycles. The van der Waals surface area contributed by atoms with Crippen LogP contribution in [0.5, 0.6) is 0 Å². The molecule has 7 aromatic rings. The smallest absolute Gasteiger partial charge is 1.00 e. The molecule has 8 heterocycles. The van der Waals surface area contributed by atoms with Crippen LogP contribution in [0, 0.1) is 0 Å². The largest absolute Gasteiger partial charge is 1.00 e. The number of benzene rings is 5. The number of imidazole rings is 1. The van der Waals surface area contributed by atoms with E-state index in [2.05, 4.69) is 70.1 Å². The number of urea groups is 2. The molecule has 4 amide bonds. The SMILES string of the molecule is CC(C)(O)C(C)(C)O.CC1(C)OB(c2cccc(N)c2)OC1(C)C.CC1(C)OB(c2cccc(N=C=O)c2)OC1(C)C.CC1(C)OB(c2cccc(NC(=O)NCCCN3CCOCC3)c2)OC1(C)C.CNc1nccn2c(-c3cccc(NC(=O)NCCCN4CCOCC4)c3)cnc12.I.NCCCN1CCOCC1.Nc1cccc(B(O)O)c1.O=C(OC(Cl)(Cl)Cl)OC(Cl)(Cl)Cl.O=[S](O)(=[Mg])OO.[H-].[HH].[K+]. The molecule has 1 atom stereocenters. The Kier molecular flexibility index (Phi) is 56.7. The number of hydrogen-bond acceptors (Lipinski definition) is 32. The number of halogens is 7. The number of isocyanates is 1. The summed E-state index contributed by atoms with van der Waals surface area (Å²) in [5, 5.41) is 57.6. The van der Waals surface area contributed by atoms with Gasteiger partial charge in [0.15, 0.2) is 11.5 Å². The quantitative estimate of drug-likeness (QED) is 0.00294. The molecule has 5 aromatic carbocycles. The Hall–Kier alpha value is -4.21. The summed E-state index contributed by atoms with van der Waals surface area (Å²) < 4.78 is 77.8. The number of rotatable bonds is 22. The Balaban J connectivity index is 0.000000831. The number of ether oxygens (including phenoxy) is 5. The van der Waals surface area contributed by atoms with Crippen molar-refractivity contribution in [1.29, 1.82) is 0 Å². The van der Waals surface area contributed by atoms with E-state index in [1.165, 1.54) is 12.1 Å². The number of aliphatic hydroxyl groups is 2. The second kappa shape index (κ2) is 61.1. The standard InChI is InChI=1S/C21H27N7O2.C20H32BN3O4.C13H16BNO3.C12H18BNO2.C7H16N2O.C6H8BNO2.C6H14O2.C3Cl6O3.HI.K.Mg.H2O4S.H2.H/c1-22-19-20-25-15-18(28(20)9-7-23-19)16-4-2-5-17(14-16)26-21(29)24-6-3-8-27-10-12-30-13-11-27;1-19(2)20(3,4)28-21(27-19)16-7-5-8-17(15-16)23-18(25)22-9-6-10-24-11-13-26-14-12-24;1-12(2)13(3,4)18-14(17-12)10-6-5-7-11(8-10)15-9-16;1-11(2)12(3,4)16-13(15-11)9-6-5-7-10(14)8-9;8-2-1-3-9-4-6-10-7-5-9;8-6-3-1-2-5(4-6)7(9)10;1-5(2,7)6(3,4)8;4-2(5,6)11-1(10)12-3(7,8)9;;;;1-4-5(2)3;;/h2,4-5,7,9,14-15H,3,6,8,10-13H2,1H3,(H,22,23)(H2,24,26,29);5,7-8,15H,6,9-14H2,1-4H3,(H2,22,23,25);5-8H,1-4H3;5-8H,14H2,1-4H3;1-8H2;1-4,9-10H,8H2;7-8H,1-4H3;;1H;;;1H,(H,2,3);1H;/q;;;;;;;;;+1;;;;-1. The Morgan fingerprint density at radius 2 is 0.950 bits per heavy atom. The van der Waals surface area contributed by atoms with Crippen LogP contribution in [-0.2, 0) is 68.1 Å². The van der Waals surface area contributed by atoms with Gasteiger partial charge in [-0.1, -0.05) is 60.7 Å². The van der Waals surface area contributed by atoms with E-state index >= 15 is 0 Å². The number of carbonyl (C=O) groups is 3. The van der Waals surface area contributed by atoms with Gasteiger partial charge in [-0.25, -0.2) is 29.1 Å². The third-order valence-electron chi connectivity index (χ3n) is 22.8. The van der Waals surface area contributed by atoms with Gasteiger partial charge in [-0.3, -0.25) is 19.1 Å². The number of nitrogens with zero attached hydrogens (tertiary/aromatic N) is 7. The molecule has 6 aliphatic rings. The van der Waals surface area contributed by atoms with Crippen molar-refractivity contribution in [3.63, 3.8) is 0 Å². The van der Waals surface area contributed by atoms with Crippen LogP contribution in [0.3, 0.4) is 0 Å². The van der Waals surface area contributed by atoms with Gasteiger partial charge < -0.3 is 117 Å². The number of hydrogen-bond donors (Lipinski definition) is 14. The van der Waals surface area contributed by atoms with Crippen molar-refractivity contribution >= 4 is 235 Å². The maximum atomic E-state index is 12.3. The number of aromatic nitrogens is 3. The zero-order chi connectivity index (χ0) is 103. The van der Waals surface area contributed by atoms with Crippen LogP contribution in [0.1, 0.15) is 133 Å². The number of nitrogens with one attached hydrogen (secondary N) is 5. The van der Waals surface area contributed by atoms with Gasteiger partial charge in [0.2, 0.25) is 6.08 Å². The predicted octanol–water partition coefficient (Wildman–Crippen LogP) is 7.78. The molecule has 1 unspecified atom stereocenters. The average Bonchev–Trinajstić information content (AvgIpc) is 1.71. The molecule has 0 spiro atoms. The molecule has 38 nitrogen and oxygen atoms in total. The van der Waals surface area contributed by atoms with Gasteiger partial charge in [-0.15, -0.1) is 24.0 Å². The maximum Gasteiger partial charge on any atom is 1.00 e. The number of morpholine rings is 3. The van der Waals surface area contributed by atoms with Crippen LogP contribution >= 0.6 is 93.6 Å². The van der Waals surface area contributed by atoms with E-state index in [9.17, 15) is 23.4 Å². The van der Waals surface area contributed by atoms with Gasteiger partial charge in [-0.05, 0) is 308 Å². The normalized spacial score (nSPS) is 17.6. The number of fused-ring (bicyclic) bond motifs is 1. The molecule has 772 valence electrons. The number of nitrogens with two attached hydrogens (primary N) is 3. The molecule has 6 aliphatic heterocycles. The molecule has 0 aliphatic carbocycles. The van der Waals surface area contributed by atoms with E-state index in [4.69, 9.17) is 159 Å². The van der Waals surface area contributed by atoms with Gasteiger partial charge >= 0.3 is 152 Å². The fraction of sp³-hybridized carbons (Fsp3) is 0.545. The van der Waals surface area contributed by atoms with Crippen molar-refractivity contribution in [1.82, 2.24) is 39.7 Å². The summed E-state index contributed by atoms with van der Waals surface area (Å²) in [4.78, 5) is 64.7. The van der Waals surface area contributed by atoms with E-state index in [-0.39, 0.29) is 131 Å². The monoisotopic (exact) mass is 2250 g/mol. The fourth-order valence-corrected chi connectivity index (χ4v) is 12.7. The molecule has 0 bridgehead atoms. The summed E-state index contributed by atoms with van der Waals surface area (Å²) in [5.41, 5.74) is 21.4. The van der Waals surface area contributed by atoms with E-state index in [1.807, 2.05) is 192 Å². The van der Waals surface area contributed by atoms with Crippen LogP contribution < -0.4 is 117 Å². The summed E-state index contributed by atoms with van der Waals surface area (Å²) in [6.07, 6.45) is 8.48. The molecule has 6 fully saturated rings. The zero-order valence-electron chi connectivity index (χ0n) is 83.7. The van der Waals surface area contributed by atoms with E-state index < -0.39 is 54.0 Å². The minimum absolute atomic E-state index is 0. The minimum Gasteiger partial charge on any atom is -1.00 e. The molecule has 52 heteroatoms. The number of carbonyl (C=O) groups excluding carboxylic acids is 4. The topological polar surface area (TPSA) is 508 Å². The van der Waals surface area contributed by atoms with Gasteiger partial charge in [0, 0.05) is 102 Å². The Morgan fingerprint density at radius 3 is 1.31 bits per heavy atom. The molecule has 13 rings (SSSR count). The van der Waals surface area contributed by atoms with Crippen LogP contribution in [0.4, 0.5) is 48.6 Å². The molecule has 2 aromatic heterocycles. The number of alkyl halides is 6. The first-order valence-corrected chi connectivity index (χ1v) is 50.0. The van der Waals surface area contributed by atoms with Crippen LogP contribution in [-0.4, -0.2) is 314 Å². The van der Waals surface area contributed by atoms with E-state index in [0.29, 0.717) is 49.7 Å². The Labute approximate surface area is 926 Å². The second-order valence-corrected chi connectivity index (χ2v) is 43.8. The van der Waals surface area contributed by atoms with Crippen molar-refractivity contribution in [3.8, 4) is 11.3 Å². The van der Waals surface area contributed by atoms with Crippen molar-refractivity contribution < 1.29 is 164 Å². The Morgan fingerprint density at radius 1 is 0.586 bits per heavy atom. The first-order chi connectivity index (χ1) is 64.2. The van der Waals surface area contributed by atoms with Gasteiger partial charge in [0.05, 0.1) is 102 Å². The fourth-order valence-electron chi connectivity index (χ4n) is 12.3. The van der Waals surface area contributed by atoms with Gasteiger partial charge in [-0.2, -0.15) is 4.99 Å². The summed E-state index contributed by atoms with van der Waals surface area (Å²) in [5.74, 6) is 0.717. The van der Waals surface area contributed by atoms with Crippen LogP contribution in [0.2, 0.25) is 0 Å². The average molecular weight is 2250 g/mol. The number of aliphatic imine (C=N–C) groups is 1. The van der Waals surface area contributed by atoms with Crippen molar-refractivity contribution in [2.75, 3.05) is 153 Å². The zero-order valence-corrected chi connectivity index (χ0v) is 94.9. The maximum absolute atomic E-state index is 12.3. The minimum atomic E-state index is -3.33. The molecular formula is C88H137B4Cl6IKMgN15O23S.